The van der Waals surface area contributed by atoms with E-state index in [4.69, 9.17) is 5.11 Å². The van der Waals surface area contributed by atoms with Crippen LogP contribution in [-0.2, 0) is 11.2 Å². The predicted octanol–water partition coefficient (Wildman–Crippen LogP) is 2.88. The Morgan fingerprint density at radius 1 is 1.53 bits per heavy atom. The van der Waals surface area contributed by atoms with Crippen LogP contribution in [-0.4, -0.2) is 16.1 Å². The van der Waals surface area contributed by atoms with Gasteiger partial charge in [0.15, 0.2) is 0 Å². The molecule has 1 N–H and O–H groups in total. The highest BCUT2D eigenvalue weighted by Crippen LogP contribution is 2.28. The molecule has 0 amide bonds. The van der Waals surface area contributed by atoms with E-state index in [1.54, 1.807) is 12.1 Å². The zero-order valence-corrected chi connectivity index (χ0v) is 9.92. The van der Waals surface area contributed by atoms with Crippen molar-refractivity contribution < 1.29 is 14.3 Å². The summed E-state index contributed by atoms with van der Waals surface area (Å²) in [5.74, 6) is -1.24. The highest BCUT2D eigenvalue weighted by molar-refractivity contribution is 7.12. The summed E-state index contributed by atoms with van der Waals surface area (Å²) in [6.45, 7) is 1.85. The first-order valence-electron chi connectivity index (χ1n) is 5.00. The van der Waals surface area contributed by atoms with Gasteiger partial charge >= 0.3 is 5.97 Å². The number of nitrogens with zero attached hydrogens (tertiary/aromatic N) is 1. The minimum absolute atomic E-state index is 0.0964. The fraction of sp³-hybridized carbons (Fsp3) is 0.167. The van der Waals surface area contributed by atoms with Crippen LogP contribution >= 0.6 is 11.3 Å². The summed E-state index contributed by atoms with van der Waals surface area (Å²) in [7, 11) is 0. The Morgan fingerprint density at radius 3 is 2.94 bits per heavy atom. The average Bonchev–Trinajstić information content (AvgIpc) is 2.58. The topological polar surface area (TPSA) is 50.2 Å². The lowest BCUT2D eigenvalue weighted by Crippen LogP contribution is -1.99. The molecule has 17 heavy (non-hydrogen) atoms. The van der Waals surface area contributed by atoms with Gasteiger partial charge in [-0.1, -0.05) is 12.1 Å². The number of benzene rings is 1. The molecule has 0 aliphatic heterocycles. The van der Waals surface area contributed by atoms with E-state index >= 15 is 0 Å². The highest BCUT2D eigenvalue weighted by Gasteiger charge is 2.12. The predicted molar refractivity (Wildman–Crippen MR) is 63.6 cm³/mol. The summed E-state index contributed by atoms with van der Waals surface area (Å²) < 4.78 is 13.1. The molecule has 3 nitrogen and oxygen atoms in total. The van der Waals surface area contributed by atoms with Crippen molar-refractivity contribution in [2.24, 2.45) is 0 Å². The Morgan fingerprint density at radius 2 is 2.29 bits per heavy atom. The molecule has 0 fully saturated rings. The van der Waals surface area contributed by atoms with Crippen molar-refractivity contribution >= 4 is 17.3 Å². The van der Waals surface area contributed by atoms with E-state index in [9.17, 15) is 9.18 Å². The standard InChI is InChI=1S/C12H10FNO2S/c1-7-12(8-3-2-4-9(13)5-8)14-10(17-7)6-11(15)16/h2-5H,6H2,1H3,(H,15,16). The monoisotopic (exact) mass is 251 g/mol. The van der Waals surface area contributed by atoms with Crippen molar-refractivity contribution in [1.29, 1.82) is 0 Å². The van der Waals surface area contributed by atoms with Gasteiger partial charge in [-0.25, -0.2) is 9.37 Å². The number of aromatic nitrogens is 1. The molecule has 0 radical (unpaired) electrons. The van der Waals surface area contributed by atoms with E-state index in [0.29, 0.717) is 16.3 Å². The third-order valence-corrected chi connectivity index (χ3v) is 3.21. The maximum absolute atomic E-state index is 13.1. The van der Waals surface area contributed by atoms with E-state index in [1.165, 1.54) is 23.5 Å². The molecular formula is C12H10FNO2S. The number of aliphatic carboxylic acids is 1. The lowest BCUT2D eigenvalue weighted by atomic mass is 10.1. The molecule has 0 spiro atoms. The number of carboxylic acids is 1. The van der Waals surface area contributed by atoms with Gasteiger partial charge in [-0.2, -0.15) is 0 Å². The molecule has 0 bridgehead atoms. The van der Waals surface area contributed by atoms with E-state index in [0.717, 1.165) is 4.88 Å². The van der Waals surface area contributed by atoms with Crippen LogP contribution in [0.5, 0.6) is 0 Å². The molecule has 88 valence electrons. The zero-order valence-electron chi connectivity index (χ0n) is 9.11. The second kappa shape index (κ2) is 4.63. The third kappa shape index (κ3) is 2.68. The normalized spacial score (nSPS) is 10.5. The van der Waals surface area contributed by atoms with Crippen LogP contribution in [0.25, 0.3) is 11.3 Å². The van der Waals surface area contributed by atoms with Crippen molar-refractivity contribution in [2.75, 3.05) is 0 Å². The van der Waals surface area contributed by atoms with Crippen LogP contribution in [0.2, 0.25) is 0 Å². The Labute approximate surface area is 102 Å². The molecule has 1 aromatic heterocycles. The second-order valence-corrected chi connectivity index (χ2v) is 4.88. The minimum Gasteiger partial charge on any atom is -0.481 e. The molecule has 0 atom stereocenters. The molecule has 0 aliphatic carbocycles. The Hall–Kier alpha value is -1.75. The first-order chi connectivity index (χ1) is 8.06. The number of carbonyl (C=O) groups is 1. The Balaban J connectivity index is 2.39. The summed E-state index contributed by atoms with van der Waals surface area (Å²) in [6, 6.07) is 6.13. The molecule has 1 heterocycles. The lowest BCUT2D eigenvalue weighted by molar-refractivity contribution is -0.136. The first-order valence-corrected chi connectivity index (χ1v) is 5.82. The molecule has 0 saturated carbocycles. The van der Waals surface area contributed by atoms with Crippen LogP contribution in [0.3, 0.4) is 0 Å². The quantitative estimate of drug-likeness (QED) is 0.912. The van der Waals surface area contributed by atoms with Crippen LogP contribution < -0.4 is 0 Å². The van der Waals surface area contributed by atoms with Gasteiger partial charge in [0.2, 0.25) is 0 Å². The maximum Gasteiger partial charge on any atom is 0.310 e. The van der Waals surface area contributed by atoms with Crippen molar-refractivity contribution in [3.05, 3.63) is 40.0 Å². The highest BCUT2D eigenvalue weighted by atomic mass is 32.1. The fourth-order valence-corrected chi connectivity index (χ4v) is 2.51. The molecule has 2 rings (SSSR count). The van der Waals surface area contributed by atoms with Gasteiger partial charge in [0.25, 0.3) is 0 Å². The van der Waals surface area contributed by atoms with Crippen molar-refractivity contribution in [3.8, 4) is 11.3 Å². The van der Waals surface area contributed by atoms with Crippen LogP contribution in [0, 0.1) is 12.7 Å². The van der Waals surface area contributed by atoms with E-state index < -0.39 is 5.97 Å². The molecule has 2 aromatic rings. The summed E-state index contributed by atoms with van der Waals surface area (Å²) in [4.78, 5) is 15.7. The van der Waals surface area contributed by atoms with Crippen LogP contribution in [0.15, 0.2) is 24.3 Å². The van der Waals surface area contributed by atoms with Crippen molar-refractivity contribution in [1.82, 2.24) is 4.98 Å². The molecule has 0 unspecified atom stereocenters. The van der Waals surface area contributed by atoms with Gasteiger partial charge in [0, 0.05) is 10.4 Å². The number of hydrogen-bond donors (Lipinski definition) is 1. The molecule has 5 heteroatoms. The van der Waals surface area contributed by atoms with Crippen molar-refractivity contribution in [2.45, 2.75) is 13.3 Å². The fourth-order valence-electron chi connectivity index (χ4n) is 1.56. The number of thiazole rings is 1. The molecular weight excluding hydrogens is 241 g/mol. The smallest absolute Gasteiger partial charge is 0.310 e. The van der Waals surface area contributed by atoms with Crippen LogP contribution in [0.1, 0.15) is 9.88 Å². The van der Waals surface area contributed by atoms with Gasteiger partial charge in [0.05, 0.1) is 12.1 Å². The van der Waals surface area contributed by atoms with Gasteiger partial charge in [0.1, 0.15) is 10.8 Å². The van der Waals surface area contributed by atoms with Gasteiger partial charge in [-0.3, -0.25) is 4.79 Å². The average molecular weight is 251 g/mol. The van der Waals surface area contributed by atoms with Gasteiger partial charge < -0.3 is 5.11 Å². The van der Waals surface area contributed by atoms with Crippen LogP contribution in [0.4, 0.5) is 4.39 Å². The number of carboxylic acid groups (broad SMARTS) is 1. The maximum atomic E-state index is 13.1. The number of halogens is 1. The summed E-state index contributed by atoms with van der Waals surface area (Å²) >= 11 is 1.33. The molecule has 0 saturated heterocycles. The van der Waals surface area contributed by atoms with E-state index in [2.05, 4.69) is 4.98 Å². The van der Waals surface area contributed by atoms with Gasteiger partial charge in [-0.05, 0) is 19.1 Å². The van der Waals surface area contributed by atoms with E-state index in [-0.39, 0.29) is 12.2 Å². The lowest BCUT2D eigenvalue weighted by Gasteiger charge is -1.98. The summed E-state index contributed by atoms with van der Waals surface area (Å²) in [6.07, 6.45) is -0.0964. The Bertz CT molecular complexity index is 565. The first kappa shape index (κ1) is 11.7. The number of rotatable bonds is 3. The molecule has 1 aromatic carbocycles. The number of hydrogen-bond acceptors (Lipinski definition) is 3. The third-order valence-electron chi connectivity index (χ3n) is 2.24. The summed E-state index contributed by atoms with van der Waals surface area (Å²) in [5.41, 5.74) is 1.33. The van der Waals surface area contributed by atoms with Crippen molar-refractivity contribution in [3.63, 3.8) is 0 Å². The number of aryl methyl sites for hydroxylation is 1. The minimum atomic E-state index is -0.912. The zero-order chi connectivity index (χ0) is 12.4. The Kier molecular flexibility index (Phi) is 3.19. The van der Waals surface area contributed by atoms with E-state index in [1.807, 2.05) is 6.92 Å². The van der Waals surface area contributed by atoms with Gasteiger partial charge in [-0.15, -0.1) is 11.3 Å². The molecule has 0 aliphatic rings. The largest absolute Gasteiger partial charge is 0.481 e. The SMILES string of the molecule is Cc1sc(CC(=O)O)nc1-c1cccc(F)c1. The summed E-state index contributed by atoms with van der Waals surface area (Å²) in [5, 5.41) is 9.22. The second-order valence-electron chi connectivity index (χ2n) is 3.59.